The van der Waals surface area contributed by atoms with Crippen molar-refractivity contribution in [3.05, 3.63) is 259 Å². The molecule has 32 heteroatoms. The highest BCUT2D eigenvalue weighted by Crippen LogP contribution is 2.50. The maximum absolute atomic E-state index is 15.7. The number of aliphatic hydroxyl groups excluding tert-OH is 3. The first kappa shape index (κ1) is 106. The highest BCUT2D eigenvalue weighted by Gasteiger charge is 2.47. The van der Waals surface area contributed by atoms with E-state index in [0.29, 0.717) is 95.0 Å². The van der Waals surface area contributed by atoms with E-state index < -0.39 is 108 Å². The van der Waals surface area contributed by atoms with Crippen LogP contribution in [0.3, 0.4) is 0 Å². The number of aliphatic hydroxyl groups is 4. The number of para-hydroxylation sites is 4. The van der Waals surface area contributed by atoms with E-state index >= 15 is 35.1 Å². The fourth-order valence-corrected chi connectivity index (χ4v) is 23.1. The SMILES string of the molecule is CCC1CN(CCOc2cc(F)c([C@@H]3c4[nH]c5ccccc5c4C[C@@H](C)N3C[C@H](C)CF)c(F)c2)C1.CCC1CN(CCOc2cc(F)c([C@@H]3c4[nH]c5ccccc5c4C[C@@H](C)N3C[C@](C)(O)CO)c(F)c2)C1.C[C@@H]1Cc2c([nH]c3ccccc23)[C@@H](c2c(F)cc(OCCN3CC(CCl)C3)cc2F)N1CC(C)(C)F.C[C@@H]1Cc2c([nH]c3ccccc23)[C@@H](c2c(F)cc(OCCN3CC(CF)C3)cc2F)N1C[C@@H](O)CO. The predicted molar refractivity (Wildman–Crippen MR) is 546 cm³/mol. The molecule has 8 N–H and O–H groups in total. The van der Waals surface area contributed by atoms with E-state index in [0.717, 1.165) is 154 Å². The Hall–Kier alpha value is -9.84. The zero-order chi connectivity index (χ0) is 103. The van der Waals surface area contributed by atoms with Gasteiger partial charge in [0.25, 0.3) is 0 Å². The first-order chi connectivity index (χ1) is 69.6. The van der Waals surface area contributed by atoms with E-state index in [2.05, 4.69) is 55.4 Å². The monoisotopic (exact) mass is 2040 g/mol. The number of β-amino-alcohol motifs (C(OH)–C–C–N with tert-alkyl or cyclic N) is 2. The standard InChI is InChI=1S/C29H36F3N3O.C29H37F2N3O3.C28H33ClF3N3O.C27H32F3N3O3/c1-4-20-16-34(17-20)9-10-36-21-12-24(31)27(25(32)13-21)29-28-23(22-7-5-6-8-26(22)33-28)11-19(3)35(29)15-18(2)14-30;1-4-19-14-33(15-19)9-10-37-20-12-23(30)26(24(31)13-20)28-27-22(21-7-5-6-8-25(21)32-27)11-18(2)34(28)16-29(3,36)17-35;1-17-10-21-20-6-4-5-7-24(20)33-26(21)27(35(17)16-28(2,3)32)25-22(30)11-19(12-23(25)31)36-9-8-34-14-18(13-29)15-34;1-16-8-21-20-4-2-3-5-24(20)31-26(21)27(33(16)14-18(35)15-34)25-22(29)9-19(10-23(25)30)36-7-6-32-12-17(11-28)13-32/h5-8,12-13,18-20,29,33H,4,9-11,14-17H2,1-3H3;5-8,12-13,18-19,28,32,35-36H,4,9-11,14-17H2,1-3H3;4-7,11-12,17-18,27,33H,8-10,13-16H2,1-3H3;2-5,9-10,16-18,27,31,34-35H,6-8,11-15H2,1H3/t18-,19-,29-;18-,28-,29+;17-,27-;16-,18-,27-/m1111/s1. The van der Waals surface area contributed by atoms with Crippen LogP contribution in [0.15, 0.2) is 146 Å². The maximum atomic E-state index is 15.7. The van der Waals surface area contributed by atoms with Gasteiger partial charge in [-0.05, 0) is 144 Å². The van der Waals surface area contributed by atoms with E-state index in [1.807, 2.05) is 149 Å². The first-order valence-corrected chi connectivity index (χ1v) is 51.9. The lowest BCUT2D eigenvalue weighted by Crippen LogP contribution is -2.51. The molecule has 11 atom stereocenters. The van der Waals surface area contributed by atoms with Crippen LogP contribution in [0.25, 0.3) is 43.6 Å². The molecule has 12 heterocycles. The summed E-state index contributed by atoms with van der Waals surface area (Å²) in [5.41, 5.74) is 7.38. The molecule has 8 aliphatic rings. The molecule has 8 aliphatic heterocycles. The Labute approximate surface area is 846 Å². The third kappa shape index (κ3) is 23.6. The van der Waals surface area contributed by atoms with Crippen molar-refractivity contribution < 1.29 is 87.7 Å². The number of nitrogens with zero attached hydrogens (tertiary/aromatic N) is 8. The fourth-order valence-electron chi connectivity index (χ4n) is 22.9. The van der Waals surface area contributed by atoms with E-state index in [1.165, 1.54) is 75.7 Å². The van der Waals surface area contributed by atoms with Crippen LogP contribution >= 0.6 is 11.6 Å². The minimum atomic E-state index is -1.54. The van der Waals surface area contributed by atoms with Crippen LogP contribution in [-0.2, 0) is 25.7 Å². The molecule has 0 aliphatic carbocycles. The predicted octanol–water partition coefficient (Wildman–Crippen LogP) is 19.8. The molecule has 4 fully saturated rings. The van der Waals surface area contributed by atoms with Crippen LogP contribution in [0, 0.1) is 76.1 Å². The van der Waals surface area contributed by atoms with Gasteiger partial charge < -0.3 is 59.3 Å². The van der Waals surface area contributed by atoms with Crippen LogP contribution in [0.4, 0.5) is 48.3 Å². The lowest BCUT2D eigenvalue weighted by molar-refractivity contribution is -0.0437. The van der Waals surface area contributed by atoms with Gasteiger partial charge in [-0.15, -0.1) is 11.6 Å². The lowest BCUT2D eigenvalue weighted by Gasteiger charge is -2.43. The molecule has 145 heavy (non-hydrogen) atoms. The molecular weight excluding hydrogens is 1900 g/mol. The van der Waals surface area contributed by atoms with Crippen molar-refractivity contribution in [3.63, 3.8) is 0 Å². The molecular formula is C113H138ClF11N12O8. The van der Waals surface area contributed by atoms with Crippen LogP contribution in [0.5, 0.6) is 23.0 Å². The summed E-state index contributed by atoms with van der Waals surface area (Å²) in [6.45, 7) is 29.0. The second kappa shape index (κ2) is 46.1. The van der Waals surface area contributed by atoms with Crippen LogP contribution in [0.2, 0.25) is 0 Å². The summed E-state index contributed by atoms with van der Waals surface area (Å²) in [6.07, 6.45) is 3.97. The fraction of sp³-hybridized carbons (Fsp3) is 0.504. The number of fused-ring (bicyclic) bond motifs is 12. The van der Waals surface area contributed by atoms with Crippen molar-refractivity contribution in [2.45, 2.75) is 173 Å². The molecule has 4 aromatic heterocycles. The summed E-state index contributed by atoms with van der Waals surface area (Å²) >= 11 is 5.85. The summed E-state index contributed by atoms with van der Waals surface area (Å²) in [4.78, 5) is 30.0. The number of aromatic amines is 4. The van der Waals surface area contributed by atoms with E-state index in [-0.39, 0.29) is 114 Å². The van der Waals surface area contributed by atoms with Gasteiger partial charge in [-0.3, -0.25) is 48.0 Å². The molecule has 782 valence electrons. The summed E-state index contributed by atoms with van der Waals surface area (Å²) in [5, 5.41) is 44.3. The second-order valence-corrected chi connectivity index (χ2v) is 42.8. The van der Waals surface area contributed by atoms with Crippen molar-refractivity contribution >= 4 is 55.2 Å². The van der Waals surface area contributed by atoms with Crippen molar-refractivity contribution in [1.82, 2.24) is 59.1 Å². The Morgan fingerprint density at radius 1 is 0.400 bits per heavy atom. The normalized spacial score (nSPS) is 22.0. The minimum Gasteiger partial charge on any atom is -0.492 e. The van der Waals surface area contributed by atoms with E-state index in [4.69, 9.17) is 30.5 Å². The van der Waals surface area contributed by atoms with Gasteiger partial charge in [0.1, 0.15) is 102 Å². The summed E-state index contributed by atoms with van der Waals surface area (Å²) in [7, 11) is 0. The number of H-pyrrole nitrogens is 4. The van der Waals surface area contributed by atoms with Gasteiger partial charge in [-0.25, -0.2) is 39.5 Å². The lowest BCUT2D eigenvalue weighted by atomic mass is 9.87. The van der Waals surface area contributed by atoms with Gasteiger partial charge in [0.05, 0.1) is 62.4 Å². The van der Waals surface area contributed by atoms with Gasteiger partial charge >= 0.3 is 0 Å². The zero-order valence-corrected chi connectivity index (χ0v) is 85.2. The average Bonchev–Trinajstić information content (AvgIpc) is 1.63. The number of rotatable bonds is 35. The van der Waals surface area contributed by atoms with Gasteiger partial charge in [0.15, 0.2) is 0 Å². The van der Waals surface area contributed by atoms with Gasteiger partial charge in [-0.2, -0.15) is 0 Å². The summed E-state index contributed by atoms with van der Waals surface area (Å²) < 4.78 is 189. The Bertz CT molecular complexity index is 6150. The number of ether oxygens (including phenoxy) is 4. The number of aromatic nitrogens is 4. The highest BCUT2D eigenvalue weighted by molar-refractivity contribution is 6.18. The van der Waals surface area contributed by atoms with Gasteiger partial charge in [0, 0.05) is 278 Å². The van der Waals surface area contributed by atoms with Crippen molar-refractivity contribution in [3.8, 4) is 23.0 Å². The maximum Gasteiger partial charge on any atom is 0.135 e. The Balaban J connectivity index is 0.000000132. The summed E-state index contributed by atoms with van der Waals surface area (Å²) in [5.74, 6) is -2.46. The number of benzene rings is 8. The molecule has 20 nitrogen and oxygen atoms in total. The third-order valence-corrected chi connectivity index (χ3v) is 31.1. The molecule has 0 spiro atoms. The number of nitrogens with one attached hydrogen (secondary N) is 4. The smallest absolute Gasteiger partial charge is 0.135 e. The van der Waals surface area contributed by atoms with Crippen LogP contribution in [-0.4, -0.2) is 285 Å². The number of hydrogen-bond donors (Lipinski definition) is 8. The number of alkyl halides is 4. The molecule has 0 amide bonds. The molecule has 12 aromatic rings. The van der Waals surface area contributed by atoms with Crippen molar-refractivity contribution in [2.24, 2.45) is 29.6 Å². The molecule has 0 saturated carbocycles. The molecule has 0 unspecified atom stereocenters. The van der Waals surface area contributed by atoms with Crippen molar-refractivity contribution in [1.29, 1.82) is 0 Å². The van der Waals surface area contributed by atoms with Gasteiger partial charge in [-0.1, -0.05) is 106 Å². The average molecular weight is 2040 g/mol. The molecule has 4 saturated heterocycles. The van der Waals surface area contributed by atoms with Crippen LogP contribution < -0.4 is 18.9 Å². The number of hydrogen-bond acceptors (Lipinski definition) is 16. The molecule has 8 aromatic carbocycles. The van der Waals surface area contributed by atoms with Crippen molar-refractivity contribution in [2.75, 3.05) is 164 Å². The van der Waals surface area contributed by atoms with Gasteiger partial charge in [0.2, 0.25) is 0 Å². The zero-order valence-electron chi connectivity index (χ0n) is 84.4. The molecule has 0 bridgehead atoms. The minimum absolute atomic E-state index is 0.00564. The second-order valence-electron chi connectivity index (χ2n) is 42.5. The molecule has 20 rings (SSSR count). The Morgan fingerprint density at radius 3 is 0.938 bits per heavy atom. The Kier molecular flexibility index (Phi) is 33.9. The number of likely N-dealkylation sites (tertiary alicyclic amines) is 4. The highest BCUT2D eigenvalue weighted by atomic mass is 35.5. The largest absolute Gasteiger partial charge is 0.492 e. The Morgan fingerprint density at radius 2 is 0.669 bits per heavy atom. The van der Waals surface area contributed by atoms with E-state index in [1.54, 1.807) is 0 Å². The topological polar surface area (TPSA) is 207 Å². The summed E-state index contributed by atoms with van der Waals surface area (Å²) in [6, 6.07) is 37.9. The quantitative estimate of drug-likeness (QED) is 0.0137. The molecule has 0 radical (unpaired) electrons. The number of halogens is 12. The van der Waals surface area contributed by atoms with Crippen LogP contribution in [0.1, 0.15) is 174 Å². The first-order valence-electron chi connectivity index (χ1n) is 51.4. The third-order valence-electron chi connectivity index (χ3n) is 30.6. The van der Waals surface area contributed by atoms with E-state index in [9.17, 15) is 33.6 Å².